The molecule has 3 atom stereocenters. The van der Waals surface area contributed by atoms with Gasteiger partial charge in [0.1, 0.15) is 0 Å². The van der Waals surface area contributed by atoms with Gasteiger partial charge in [-0.05, 0) is 37.6 Å². The van der Waals surface area contributed by atoms with Crippen molar-refractivity contribution in [2.45, 2.75) is 31.0 Å². The molecule has 2 fully saturated rings. The quantitative estimate of drug-likeness (QED) is 0.886. The molecular formula is C19H23F2N5O. The number of hydrogen-bond acceptors (Lipinski definition) is 4. The van der Waals surface area contributed by atoms with E-state index in [1.165, 1.54) is 12.1 Å². The Labute approximate surface area is 156 Å². The minimum absolute atomic E-state index is 0.00246. The third kappa shape index (κ3) is 3.35. The van der Waals surface area contributed by atoms with Gasteiger partial charge in [0.2, 0.25) is 5.91 Å². The molecule has 4 rings (SSSR count). The molecule has 1 aromatic carbocycles. The Kier molecular flexibility index (Phi) is 4.69. The number of likely N-dealkylation sites (tertiary alicyclic amines) is 1. The minimum atomic E-state index is -0.845. The van der Waals surface area contributed by atoms with Crippen LogP contribution in [0.15, 0.2) is 30.6 Å². The number of amides is 1. The molecule has 8 heteroatoms. The molecule has 2 aliphatic heterocycles. The van der Waals surface area contributed by atoms with Crippen molar-refractivity contribution in [2.75, 3.05) is 25.0 Å². The summed E-state index contributed by atoms with van der Waals surface area (Å²) in [5.41, 5.74) is 1.52. The summed E-state index contributed by atoms with van der Waals surface area (Å²) in [5, 5.41) is 7.60. The van der Waals surface area contributed by atoms with E-state index in [9.17, 15) is 13.6 Å². The van der Waals surface area contributed by atoms with Gasteiger partial charge < -0.3 is 10.2 Å². The fourth-order valence-electron chi connectivity index (χ4n) is 4.20. The third-order valence-corrected chi connectivity index (χ3v) is 5.56. The lowest BCUT2D eigenvalue weighted by atomic mass is 9.99. The van der Waals surface area contributed by atoms with E-state index in [0.29, 0.717) is 13.0 Å². The van der Waals surface area contributed by atoms with E-state index in [0.717, 1.165) is 24.2 Å². The first-order valence-corrected chi connectivity index (χ1v) is 9.15. The highest BCUT2D eigenvalue weighted by Crippen LogP contribution is 2.33. The Morgan fingerprint density at radius 1 is 1.15 bits per heavy atom. The number of carbonyl (C=O) groups excluding carboxylic acids is 1. The molecular weight excluding hydrogens is 352 g/mol. The number of rotatable bonds is 4. The topological polar surface area (TPSA) is 53.4 Å². The van der Waals surface area contributed by atoms with Crippen LogP contribution in [0.1, 0.15) is 24.4 Å². The molecule has 0 radical (unpaired) electrons. The molecule has 0 aliphatic carbocycles. The van der Waals surface area contributed by atoms with Crippen LogP contribution in [0.5, 0.6) is 0 Å². The zero-order chi connectivity index (χ0) is 19.1. The molecule has 0 bridgehead atoms. The van der Waals surface area contributed by atoms with Gasteiger partial charge in [-0.25, -0.2) is 8.78 Å². The Balaban J connectivity index is 1.49. The second-order valence-corrected chi connectivity index (χ2v) is 7.36. The SMILES string of the molecule is CN1CCC(NC2CCN(c3cnn(C)c3)C2=O)C1c1ccc(F)c(F)c1. The van der Waals surface area contributed by atoms with Crippen LogP contribution in [0.3, 0.4) is 0 Å². The van der Waals surface area contributed by atoms with Crippen LogP contribution in [0, 0.1) is 11.6 Å². The van der Waals surface area contributed by atoms with Gasteiger partial charge in [-0.1, -0.05) is 6.07 Å². The van der Waals surface area contributed by atoms with Crippen molar-refractivity contribution in [3.05, 3.63) is 47.8 Å². The summed E-state index contributed by atoms with van der Waals surface area (Å²) >= 11 is 0. The molecule has 144 valence electrons. The maximum absolute atomic E-state index is 13.7. The zero-order valence-corrected chi connectivity index (χ0v) is 15.4. The molecule has 0 spiro atoms. The van der Waals surface area contributed by atoms with Gasteiger partial charge in [0.05, 0.1) is 17.9 Å². The molecule has 27 heavy (non-hydrogen) atoms. The lowest BCUT2D eigenvalue weighted by molar-refractivity contribution is -0.119. The van der Waals surface area contributed by atoms with E-state index in [-0.39, 0.29) is 24.0 Å². The van der Waals surface area contributed by atoms with Crippen molar-refractivity contribution in [1.82, 2.24) is 20.0 Å². The van der Waals surface area contributed by atoms with E-state index < -0.39 is 11.6 Å². The predicted octanol–water partition coefficient (Wildman–Crippen LogP) is 1.84. The lowest BCUT2D eigenvalue weighted by Gasteiger charge is -2.28. The number of carbonyl (C=O) groups is 1. The summed E-state index contributed by atoms with van der Waals surface area (Å²) in [6, 6.07) is 3.67. The third-order valence-electron chi connectivity index (χ3n) is 5.56. The molecule has 1 amide bonds. The fraction of sp³-hybridized carbons (Fsp3) is 0.474. The first-order valence-electron chi connectivity index (χ1n) is 9.15. The van der Waals surface area contributed by atoms with Crippen molar-refractivity contribution in [2.24, 2.45) is 7.05 Å². The Hall–Kier alpha value is -2.32. The van der Waals surface area contributed by atoms with Crippen LogP contribution in [0.2, 0.25) is 0 Å². The Bertz CT molecular complexity index is 854. The number of aryl methyl sites for hydroxylation is 1. The molecule has 2 aromatic rings. The highest BCUT2D eigenvalue weighted by Gasteiger charge is 2.39. The number of likely N-dealkylation sites (N-methyl/N-ethyl adjacent to an activating group) is 1. The molecule has 6 nitrogen and oxygen atoms in total. The lowest BCUT2D eigenvalue weighted by Crippen LogP contribution is -2.45. The molecule has 2 aliphatic rings. The number of benzene rings is 1. The molecule has 1 N–H and O–H groups in total. The minimum Gasteiger partial charge on any atom is -0.308 e. The molecule has 0 saturated carbocycles. The molecule has 1 aromatic heterocycles. The van der Waals surface area contributed by atoms with E-state index in [2.05, 4.69) is 15.3 Å². The van der Waals surface area contributed by atoms with E-state index in [4.69, 9.17) is 0 Å². The zero-order valence-electron chi connectivity index (χ0n) is 15.4. The summed E-state index contributed by atoms with van der Waals surface area (Å²) in [7, 11) is 3.78. The maximum atomic E-state index is 13.7. The average molecular weight is 375 g/mol. The van der Waals surface area contributed by atoms with Crippen molar-refractivity contribution in [3.63, 3.8) is 0 Å². The van der Waals surface area contributed by atoms with Gasteiger partial charge in [-0.15, -0.1) is 0 Å². The summed E-state index contributed by atoms with van der Waals surface area (Å²) in [6.07, 6.45) is 5.07. The Morgan fingerprint density at radius 2 is 1.96 bits per heavy atom. The average Bonchev–Trinajstić information content (AvgIpc) is 3.31. The molecule has 3 unspecified atom stereocenters. The fourth-order valence-corrected chi connectivity index (χ4v) is 4.20. The monoisotopic (exact) mass is 375 g/mol. The maximum Gasteiger partial charge on any atom is 0.244 e. The summed E-state index contributed by atoms with van der Waals surface area (Å²) in [4.78, 5) is 16.7. The van der Waals surface area contributed by atoms with Gasteiger partial charge >= 0.3 is 0 Å². The number of nitrogens with one attached hydrogen (secondary N) is 1. The van der Waals surface area contributed by atoms with E-state index >= 15 is 0 Å². The van der Waals surface area contributed by atoms with E-state index in [1.807, 2.05) is 20.3 Å². The van der Waals surface area contributed by atoms with Crippen LogP contribution in [0.4, 0.5) is 14.5 Å². The van der Waals surface area contributed by atoms with Gasteiger partial charge in [0.25, 0.3) is 0 Å². The number of aromatic nitrogens is 2. The highest BCUT2D eigenvalue weighted by atomic mass is 19.2. The molecule has 3 heterocycles. The van der Waals surface area contributed by atoms with Crippen molar-refractivity contribution in [3.8, 4) is 0 Å². The largest absolute Gasteiger partial charge is 0.308 e. The van der Waals surface area contributed by atoms with Crippen LogP contribution >= 0.6 is 0 Å². The standard InChI is InChI=1S/C19H23F2N5O/c1-24-7-5-16(18(24)12-3-4-14(20)15(21)9-12)23-17-6-8-26(19(17)27)13-10-22-25(2)11-13/h3-4,9-11,16-18,23H,5-8H2,1-2H3. The van der Waals surface area contributed by atoms with Crippen molar-refractivity contribution >= 4 is 11.6 Å². The second kappa shape index (κ2) is 7.01. The normalized spacial score (nSPS) is 26.3. The smallest absolute Gasteiger partial charge is 0.244 e. The first kappa shape index (κ1) is 18.1. The van der Waals surface area contributed by atoms with Gasteiger partial charge in [0.15, 0.2) is 11.6 Å². The van der Waals surface area contributed by atoms with Gasteiger partial charge in [0, 0.05) is 38.4 Å². The van der Waals surface area contributed by atoms with Crippen molar-refractivity contribution in [1.29, 1.82) is 0 Å². The van der Waals surface area contributed by atoms with Crippen LogP contribution in [-0.4, -0.2) is 52.8 Å². The number of hydrogen-bond donors (Lipinski definition) is 1. The van der Waals surface area contributed by atoms with Crippen LogP contribution in [-0.2, 0) is 11.8 Å². The second-order valence-electron chi connectivity index (χ2n) is 7.36. The summed E-state index contributed by atoms with van der Waals surface area (Å²) in [5.74, 6) is -1.66. The predicted molar refractivity (Wildman–Crippen MR) is 97.2 cm³/mol. The number of anilines is 1. The van der Waals surface area contributed by atoms with Crippen molar-refractivity contribution < 1.29 is 13.6 Å². The number of halogens is 2. The van der Waals surface area contributed by atoms with E-state index in [1.54, 1.807) is 21.8 Å². The van der Waals surface area contributed by atoms with Crippen LogP contribution < -0.4 is 10.2 Å². The van der Waals surface area contributed by atoms with Gasteiger partial charge in [-0.3, -0.25) is 14.4 Å². The summed E-state index contributed by atoms with van der Waals surface area (Å²) < 4.78 is 28.7. The number of nitrogens with zero attached hydrogens (tertiary/aromatic N) is 4. The van der Waals surface area contributed by atoms with Gasteiger partial charge in [-0.2, -0.15) is 5.10 Å². The van der Waals surface area contributed by atoms with Crippen LogP contribution in [0.25, 0.3) is 0 Å². The molecule has 2 saturated heterocycles. The summed E-state index contributed by atoms with van der Waals surface area (Å²) in [6.45, 7) is 1.47. The highest BCUT2D eigenvalue weighted by molar-refractivity contribution is 5.99. The Morgan fingerprint density at radius 3 is 2.67 bits per heavy atom. The first-order chi connectivity index (χ1) is 12.9.